The molecule has 0 bridgehead atoms. The molecular weight excluding hydrogens is 336 g/mol. The van der Waals surface area contributed by atoms with Crippen LogP contribution in [0.25, 0.3) is 11.0 Å². The smallest absolute Gasteiger partial charge is 0.336 e. The second kappa shape index (κ2) is 7.47. The lowest BCUT2D eigenvalue weighted by Gasteiger charge is -2.12. The van der Waals surface area contributed by atoms with E-state index in [9.17, 15) is 9.59 Å². The van der Waals surface area contributed by atoms with Crippen LogP contribution in [-0.4, -0.2) is 25.8 Å². The Morgan fingerprint density at radius 1 is 1.23 bits per heavy atom. The summed E-state index contributed by atoms with van der Waals surface area (Å²) in [5, 5.41) is 0.755. The maximum Gasteiger partial charge on any atom is 0.336 e. The van der Waals surface area contributed by atoms with Crippen LogP contribution >= 0.6 is 0 Å². The van der Waals surface area contributed by atoms with Gasteiger partial charge in [-0.3, -0.25) is 0 Å². The molecule has 2 heterocycles. The van der Waals surface area contributed by atoms with Crippen LogP contribution in [0.2, 0.25) is 0 Å². The molecule has 0 amide bonds. The van der Waals surface area contributed by atoms with Gasteiger partial charge in [-0.25, -0.2) is 9.59 Å². The van der Waals surface area contributed by atoms with E-state index in [1.165, 1.54) is 13.2 Å². The normalized spacial score (nSPS) is 17.2. The van der Waals surface area contributed by atoms with Crippen LogP contribution in [0.1, 0.15) is 20.3 Å². The maximum atomic E-state index is 11.5. The number of esters is 1. The Kier molecular flexibility index (Phi) is 5.11. The Balaban J connectivity index is 1.69. The van der Waals surface area contributed by atoms with Crippen LogP contribution in [0, 0.1) is 0 Å². The van der Waals surface area contributed by atoms with E-state index >= 15 is 0 Å². The monoisotopic (exact) mass is 356 g/mol. The number of benzene rings is 1. The van der Waals surface area contributed by atoms with E-state index in [1.54, 1.807) is 25.1 Å². The molecule has 3 rings (SSSR count). The van der Waals surface area contributed by atoms with Crippen molar-refractivity contribution in [1.29, 1.82) is 0 Å². The van der Waals surface area contributed by atoms with Gasteiger partial charge >= 0.3 is 11.6 Å². The van der Waals surface area contributed by atoms with Crippen LogP contribution in [-0.2, 0) is 9.53 Å². The number of methoxy groups -OCH3 is 1. The number of rotatable bonds is 6. The molecule has 1 aliphatic rings. The third-order valence-electron chi connectivity index (χ3n) is 4.12. The number of fused-ring (bicyclic) bond motifs is 1. The Labute approximate surface area is 150 Å². The first-order valence-electron chi connectivity index (χ1n) is 8.26. The molecular formula is C20H20O6. The molecule has 6 nitrogen and oxygen atoms in total. The molecule has 0 fully saturated rings. The van der Waals surface area contributed by atoms with Gasteiger partial charge in [0.15, 0.2) is 11.3 Å². The first-order valence-corrected chi connectivity index (χ1v) is 8.26. The fourth-order valence-corrected chi connectivity index (χ4v) is 2.78. The number of carbonyl (C=O) groups is 1. The summed E-state index contributed by atoms with van der Waals surface area (Å²) < 4.78 is 21.6. The zero-order valence-corrected chi connectivity index (χ0v) is 14.9. The lowest BCUT2D eigenvalue weighted by molar-refractivity contribution is -0.139. The van der Waals surface area contributed by atoms with E-state index < -0.39 is 5.63 Å². The molecule has 136 valence electrons. The summed E-state index contributed by atoms with van der Waals surface area (Å²) in [6, 6.07) is 6.61. The largest absolute Gasteiger partial charge is 0.490 e. The molecule has 0 radical (unpaired) electrons. The number of hydrogen-bond acceptors (Lipinski definition) is 6. The van der Waals surface area contributed by atoms with Crippen molar-refractivity contribution in [2.45, 2.75) is 26.4 Å². The van der Waals surface area contributed by atoms with Crippen molar-refractivity contribution < 1.29 is 23.4 Å². The molecule has 2 aromatic rings. The molecule has 1 aromatic heterocycles. The van der Waals surface area contributed by atoms with Gasteiger partial charge in [0.2, 0.25) is 5.75 Å². The molecule has 0 unspecified atom stereocenters. The number of hydrogen-bond donors (Lipinski definition) is 0. The number of carbonyl (C=O) groups excluding carboxylic acids is 1. The lowest BCUT2D eigenvalue weighted by Crippen LogP contribution is -2.08. The summed E-state index contributed by atoms with van der Waals surface area (Å²) >= 11 is 0. The average molecular weight is 356 g/mol. The summed E-state index contributed by atoms with van der Waals surface area (Å²) in [5.41, 5.74) is 1.59. The summed E-state index contributed by atoms with van der Waals surface area (Å²) in [4.78, 5) is 22.9. The Morgan fingerprint density at radius 2 is 2.00 bits per heavy atom. The van der Waals surface area contributed by atoms with Crippen molar-refractivity contribution in [3.8, 4) is 11.5 Å². The topological polar surface area (TPSA) is 75.0 Å². The highest BCUT2D eigenvalue weighted by Crippen LogP contribution is 2.34. The van der Waals surface area contributed by atoms with E-state index in [2.05, 4.69) is 0 Å². The van der Waals surface area contributed by atoms with Crippen LogP contribution in [0.15, 0.2) is 56.8 Å². The standard InChI is InChI=1S/C20H20O6/c1-12(10-15-11-13(2)20(22)25-15)8-9-24-16-6-4-14-5-7-17(21)26-18(14)19(16)23-3/h4-8,11,15H,9-10H2,1-3H3/b12-8-/t15-/m1/s1. The number of ether oxygens (including phenoxy) is 3. The average Bonchev–Trinajstić information content (AvgIpc) is 2.91. The van der Waals surface area contributed by atoms with Gasteiger partial charge in [0, 0.05) is 23.4 Å². The minimum absolute atomic E-state index is 0.219. The lowest BCUT2D eigenvalue weighted by atomic mass is 10.1. The highest BCUT2D eigenvalue weighted by Gasteiger charge is 2.22. The van der Waals surface area contributed by atoms with Crippen molar-refractivity contribution in [1.82, 2.24) is 0 Å². The third kappa shape index (κ3) is 3.79. The highest BCUT2D eigenvalue weighted by molar-refractivity contribution is 5.90. The van der Waals surface area contributed by atoms with Crippen LogP contribution in [0.3, 0.4) is 0 Å². The van der Waals surface area contributed by atoms with Crippen molar-refractivity contribution in [3.05, 3.63) is 58.0 Å². The Bertz CT molecular complexity index is 950. The second-order valence-corrected chi connectivity index (χ2v) is 6.13. The quantitative estimate of drug-likeness (QED) is 0.449. The zero-order valence-electron chi connectivity index (χ0n) is 14.9. The van der Waals surface area contributed by atoms with Crippen LogP contribution in [0.5, 0.6) is 11.5 Å². The van der Waals surface area contributed by atoms with Crippen LogP contribution in [0.4, 0.5) is 0 Å². The van der Waals surface area contributed by atoms with Crippen molar-refractivity contribution in [3.63, 3.8) is 0 Å². The predicted molar refractivity (Wildman–Crippen MR) is 96.5 cm³/mol. The SMILES string of the molecule is COc1c(OC/C=C(/C)C[C@@H]2C=C(C)C(=O)O2)ccc2ccc(=O)oc12. The molecule has 0 aliphatic carbocycles. The molecule has 0 N–H and O–H groups in total. The van der Waals surface area contributed by atoms with E-state index in [0.717, 1.165) is 11.0 Å². The van der Waals surface area contributed by atoms with Gasteiger partial charge < -0.3 is 18.6 Å². The molecule has 6 heteroatoms. The Morgan fingerprint density at radius 3 is 2.69 bits per heavy atom. The molecule has 26 heavy (non-hydrogen) atoms. The summed E-state index contributed by atoms with van der Waals surface area (Å²) in [6.07, 6.45) is 4.15. The third-order valence-corrected chi connectivity index (χ3v) is 4.12. The summed E-state index contributed by atoms with van der Waals surface area (Å²) in [7, 11) is 1.50. The molecule has 0 saturated carbocycles. The van der Waals surface area contributed by atoms with Gasteiger partial charge in [-0.2, -0.15) is 0 Å². The number of cyclic esters (lactones) is 1. The van der Waals surface area contributed by atoms with Crippen molar-refractivity contribution in [2.75, 3.05) is 13.7 Å². The van der Waals surface area contributed by atoms with E-state index in [1.807, 2.05) is 19.1 Å². The van der Waals surface area contributed by atoms with Gasteiger partial charge in [0.25, 0.3) is 0 Å². The van der Waals surface area contributed by atoms with Gasteiger partial charge in [-0.1, -0.05) is 5.57 Å². The van der Waals surface area contributed by atoms with E-state index in [4.69, 9.17) is 18.6 Å². The summed E-state index contributed by atoms with van der Waals surface area (Å²) in [5.74, 6) is 0.609. The minimum Gasteiger partial charge on any atom is -0.490 e. The first kappa shape index (κ1) is 17.8. The zero-order chi connectivity index (χ0) is 18.7. The summed E-state index contributed by atoms with van der Waals surface area (Å²) in [6.45, 7) is 4.01. The first-order chi connectivity index (χ1) is 12.5. The van der Waals surface area contributed by atoms with Crippen molar-refractivity contribution >= 4 is 16.9 Å². The Hall–Kier alpha value is -3.02. The fraction of sp³-hybridized carbons (Fsp3) is 0.300. The molecule has 1 aromatic carbocycles. The minimum atomic E-state index is -0.446. The van der Waals surface area contributed by atoms with Gasteiger partial charge in [-0.15, -0.1) is 0 Å². The van der Waals surface area contributed by atoms with Gasteiger partial charge in [0.05, 0.1) is 7.11 Å². The van der Waals surface area contributed by atoms with Gasteiger partial charge in [-0.05, 0) is 44.2 Å². The molecule has 1 atom stereocenters. The predicted octanol–water partition coefficient (Wildman–Crippen LogP) is 3.39. The molecule has 0 spiro atoms. The van der Waals surface area contributed by atoms with Crippen molar-refractivity contribution in [2.24, 2.45) is 0 Å². The maximum absolute atomic E-state index is 11.5. The molecule has 1 aliphatic heterocycles. The second-order valence-electron chi connectivity index (χ2n) is 6.13. The van der Waals surface area contributed by atoms with Crippen LogP contribution < -0.4 is 15.1 Å². The van der Waals surface area contributed by atoms with E-state index in [-0.39, 0.29) is 12.1 Å². The fourth-order valence-electron chi connectivity index (χ4n) is 2.78. The van der Waals surface area contributed by atoms with Gasteiger partial charge in [0.1, 0.15) is 12.7 Å². The molecule has 0 saturated heterocycles. The van der Waals surface area contributed by atoms with E-state index in [0.29, 0.717) is 35.7 Å². The highest BCUT2D eigenvalue weighted by atomic mass is 16.5.